The molecule has 0 aliphatic carbocycles. The zero-order valence-corrected chi connectivity index (χ0v) is 10.6. The predicted molar refractivity (Wildman–Crippen MR) is 72.5 cm³/mol. The van der Waals surface area contributed by atoms with E-state index in [-0.39, 0.29) is 5.91 Å². The fourth-order valence-electron chi connectivity index (χ4n) is 1.69. The van der Waals surface area contributed by atoms with Crippen molar-refractivity contribution in [1.29, 1.82) is 0 Å². The van der Waals surface area contributed by atoms with Crippen molar-refractivity contribution >= 4 is 24.2 Å². The molecule has 0 saturated heterocycles. The molecule has 0 radical (unpaired) electrons. The second kappa shape index (κ2) is 6.35. The molecule has 3 N–H and O–H groups in total. The number of amides is 1. The lowest BCUT2D eigenvalue weighted by Gasteiger charge is -2.17. The van der Waals surface area contributed by atoms with Crippen molar-refractivity contribution < 1.29 is 14.8 Å². The summed E-state index contributed by atoms with van der Waals surface area (Å²) in [5, 5.41) is 21.4. The van der Waals surface area contributed by atoms with Crippen LogP contribution in [0.15, 0.2) is 30.9 Å². The summed E-state index contributed by atoms with van der Waals surface area (Å²) >= 11 is 0. The SMILES string of the molecule is C=CC(=O)Nc1cccc(CN(C)C)c1B(O)O. The third-order valence-corrected chi connectivity index (χ3v) is 2.38. The molecule has 1 aromatic carbocycles. The number of rotatable bonds is 5. The van der Waals surface area contributed by atoms with Crippen LogP contribution in [0.4, 0.5) is 5.69 Å². The molecule has 0 saturated carbocycles. The molecule has 1 rings (SSSR count). The molecule has 0 bridgehead atoms. The minimum Gasteiger partial charge on any atom is -0.423 e. The van der Waals surface area contributed by atoms with Crippen LogP contribution in [-0.2, 0) is 11.3 Å². The number of carbonyl (C=O) groups is 1. The molecule has 18 heavy (non-hydrogen) atoms. The van der Waals surface area contributed by atoms with Gasteiger partial charge in [0.15, 0.2) is 0 Å². The van der Waals surface area contributed by atoms with Gasteiger partial charge >= 0.3 is 7.12 Å². The van der Waals surface area contributed by atoms with Crippen molar-refractivity contribution in [2.75, 3.05) is 19.4 Å². The number of benzene rings is 1. The van der Waals surface area contributed by atoms with Gasteiger partial charge in [0, 0.05) is 17.7 Å². The first-order chi connectivity index (χ1) is 8.45. The topological polar surface area (TPSA) is 72.8 Å². The van der Waals surface area contributed by atoms with E-state index in [0.717, 1.165) is 11.6 Å². The number of nitrogens with zero attached hydrogens (tertiary/aromatic N) is 1. The summed E-state index contributed by atoms with van der Waals surface area (Å²) < 4.78 is 0. The van der Waals surface area contributed by atoms with Gasteiger partial charge in [0.25, 0.3) is 0 Å². The van der Waals surface area contributed by atoms with Crippen LogP contribution >= 0.6 is 0 Å². The standard InChI is InChI=1S/C12H17BN2O3/c1-4-11(16)14-10-7-5-6-9(8-15(2)3)12(10)13(17)18/h4-7,17-18H,1,8H2,2-3H3,(H,14,16). The van der Waals surface area contributed by atoms with E-state index >= 15 is 0 Å². The smallest absolute Gasteiger partial charge is 0.423 e. The van der Waals surface area contributed by atoms with Crippen molar-refractivity contribution in [2.24, 2.45) is 0 Å². The van der Waals surface area contributed by atoms with Gasteiger partial charge in [0.05, 0.1) is 0 Å². The summed E-state index contributed by atoms with van der Waals surface area (Å²) in [5.41, 5.74) is 1.44. The largest absolute Gasteiger partial charge is 0.490 e. The highest BCUT2D eigenvalue weighted by atomic mass is 16.4. The van der Waals surface area contributed by atoms with Crippen LogP contribution in [0.5, 0.6) is 0 Å². The Kier molecular flexibility index (Phi) is 5.09. The molecular formula is C12H17BN2O3. The van der Waals surface area contributed by atoms with E-state index in [4.69, 9.17) is 0 Å². The Balaban J connectivity index is 3.16. The quantitative estimate of drug-likeness (QED) is 0.487. The lowest BCUT2D eigenvalue weighted by molar-refractivity contribution is -0.111. The van der Waals surface area contributed by atoms with Crippen molar-refractivity contribution in [1.82, 2.24) is 4.90 Å². The van der Waals surface area contributed by atoms with E-state index in [2.05, 4.69) is 11.9 Å². The number of nitrogens with one attached hydrogen (secondary N) is 1. The van der Waals surface area contributed by atoms with E-state index in [1.54, 1.807) is 18.2 Å². The van der Waals surface area contributed by atoms with Crippen molar-refractivity contribution in [3.63, 3.8) is 0 Å². The zero-order chi connectivity index (χ0) is 13.7. The summed E-state index contributed by atoms with van der Waals surface area (Å²) in [5.74, 6) is -0.390. The summed E-state index contributed by atoms with van der Waals surface area (Å²) in [7, 11) is 2.12. The molecule has 0 aliphatic heterocycles. The number of hydrogen-bond acceptors (Lipinski definition) is 4. The first kappa shape index (κ1) is 14.4. The Labute approximate surface area is 107 Å². The Morgan fingerprint density at radius 3 is 2.67 bits per heavy atom. The van der Waals surface area contributed by atoms with Gasteiger partial charge in [-0.05, 0) is 31.8 Å². The van der Waals surface area contributed by atoms with Crippen molar-refractivity contribution in [3.05, 3.63) is 36.4 Å². The van der Waals surface area contributed by atoms with E-state index in [9.17, 15) is 14.8 Å². The van der Waals surface area contributed by atoms with E-state index < -0.39 is 7.12 Å². The molecule has 96 valence electrons. The average Bonchev–Trinajstić information content (AvgIpc) is 2.27. The van der Waals surface area contributed by atoms with Gasteiger partial charge in [0.2, 0.25) is 5.91 Å². The van der Waals surface area contributed by atoms with Crippen LogP contribution in [0.1, 0.15) is 5.56 Å². The number of anilines is 1. The highest BCUT2D eigenvalue weighted by Gasteiger charge is 2.21. The van der Waals surface area contributed by atoms with E-state index in [1.165, 1.54) is 0 Å². The summed E-state index contributed by atoms with van der Waals surface area (Å²) in [6.07, 6.45) is 1.13. The predicted octanol–water partition coefficient (Wildman–Crippen LogP) is -0.448. The molecular weight excluding hydrogens is 231 g/mol. The Bertz CT molecular complexity index is 447. The van der Waals surface area contributed by atoms with Gasteiger partial charge in [-0.2, -0.15) is 0 Å². The maximum Gasteiger partial charge on any atom is 0.490 e. The van der Waals surface area contributed by atoms with Gasteiger partial charge < -0.3 is 20.3 Å². The van der Waals surface area contributed by atoms with Crippen LogP contribution in [0.3, 0.4) is 0 Å². The van der Waals surface area contributed by atoms with Gasteiger partial charge in [-0.25, -0.2) is 0 Å². The third-order valence-electron chi connectivity index (χ3n) is 2.38. The molecule has 0 atom stereocenters. The molecule has 1 aromatic rings. The van der Waals surface area contributed by atoms with Gasteiger partial charge in [-0.15, -0.1) is 0 Å². The lowest BCUT2D eigenvalue weighted by atomic mass is 9.75. The van der Waals surface area contributed by atoms with Crippen LogP contribution < -0.4 is 10.8 Å². The first-order valence-electron chi connectivity index (χ1n) is 5.51. The lowest BCUT2D eigenvalue weighted by Crippen LogP contribution is -2.37. The second-order valence-electron chi connectivity index (χ2n) is 4.18. The molecule has 1 amide bonds. The highest BCUT2D eigenvalue weighted by molar-refractivity contribution is 6.61. The maximum absolute atomic E-state index is 11.3. The van der Waals surface area contributed by atoms with Gasteiger partial charge in [-0.3, -0.25) is 4.79 Å². The Morgan fingerprint density at radius 2 is 2.17 bits per heavy atom. The molecule has 6 heteroatoms. The number of carbonyl (C=O) groups excluding carboxylic acids is 1. The first-order valence-corrected chi connectivity index (χ1v) is 5.51. The van der Waals surface area contributed by atoms with Crippen molar-refractivity contribution in [2.45, 2.75) is 6.54 Å². The fourth-order valence-corrected chi connectivity index (χ4v) is 1.69. The monoisotopic (exact) mass is 248 g/mol. The average molecular weight is 248 g/mol. The normalized spacial score (nSPS) is 10.3. The molecule has 0 aliphatic rings. The summed E-state index contributed by atoms with van der Waals surface area (Å²) in [6.45, 7) is 3.90. The molecule has 0 fully saturated rings. The molecule has 0 spiro atoms. The Morgan fingerprint density at radius 1 is 1.50 bits per heavy atom. The second-order valence-corrected chi connectivity index (χ2v) is 4.18. The maximum atomic E-state index is 11.3. The molecule has 0 aromatic heterocycles. The van der Waals surface area contributed by atoms with Crippen LogP contribution in [-0.4, -0.2) is 42.1 Å². The molecule has 5 nitrogen and oxygen atoms in total. The van der Waals surface area contributed by atoms with Gasteiger partial charge in [-0.1, -0.05) is 18.7 Å². The van der Waals surface area contributed by atoms with Crippen molar-refractivity contribution in [3.8, 4) is 0 Å². The molecule has 0 heterocycles. The van der Waals surface area contributed by atoms with Gasteiger partial charge in [0.1, 0.15) is 0 Å². The minimum absolute atomic E-state index is 0.307. The van der Waals surface area contributed by atoms with E-state index in [0.29, 0.717) is 17.7 Å². The fraction of sp³-hybridized carbons (Fsp3) is 0.250. The van der Waals surface area contributed by atoms with E-state index in [1.807, 2.05) is 19.0 Å². The Hall–Kier alpha value is -1.63. The minimum atomic E-state index is -1.64. The third kappa shape index (κ3) is 3.70. The number of hydrogen-bond donors (Lipinski definition) is 3. The summed E-state index contributed by atoms with van der Waals surface area (Å²) in [4.78, 5) is 13.2. The zero-order valence-electron chi connectivity index (χ0n) is 10.6. The van der Waals surface area contributed by atoms with Crippen LogP contribution in [0.25, 0.3) is 0 Å². The highest BCUT2D eigenvalue weighted by Crippen LogP contribution is 2.10. The van der Waals surface area contributed by atoms with Crippen LogP contribution in [0.2, 0.25) is 0 Å². The summed E-state index contributed by atoms with van der Waals surface area (Å²) in [6, 6.07) is 5.16. The molecule has 0 unspecified atom stereocenters. The van der Waals surface area contributed by atoms with Crippen LogP contribution in [0, 0.1) is 0 Å².